The third kappa shape index (κ3) is 46.4. The summed E-state index contributed by atoms with van der Waals surface area (Å²) in [6, 6.07) is 0. The largest absolute Gasteiger partial charge is 0.466 e. The van der Waals surface area contributed by atoms with Crippen molar-refractivity contribution in [2.24, 2.45) is 0 Å². The zero-order chi connectivity index (χ0) is 36.8. The van der Waals surface area contributed by atoms with Gasteiger partial charge in [0, 0.05) is 6.42 Å². The molecule has 0 spiro atoms. The van der Waals surface area contributed by atoms with E-state index in [1.807, 2.05) is 0 Å². The first-order chi connectivity index (χ1) is 25.3. The molecular weight excluding hydrogens is 621 g/mol. The molecule has 0 atom stereocenters. The Morgan fingerprint density at radius 1 is 0.333 bits per heavy atom. The van der Waals surface area contributed by atoms with Crippen molar-refractivity contribution in [1.82, 2.24) is 0 Å². The molecule has 0 saturated carbocycles. The first-order valence-electron chi connectivity index (χ1n) is 23.1. The van der Waals surface area contributed by atoms with Gasteiger partial charge in [0.2, 0.25) is 0 Å². The molecule has 2 heteroatoms. The summed E-state index contributed by atoms with van der Waals surface area (Å²) in [6.07, 6.45) is 66.6. The fourth-order valence-electron chi connectivity index (χ4n) is 6.78. The highest BCUT2D eigenvalue weighted by molar-refractivity contribution is 5.69. The van der Waals surface area contributed by atoms with Gasteiger partial charge in [-0.15, -0.1) is 0 Å². The third-order valence-electron chi connectivity index (χ3n) is 10.2. The highest BCUT2D eigenvalue weighted by Crippen LogP contribution is 2.16. The topological polar surface area (TPSA) is 26.3 Å². The molecule has 2 nitrogen and oxygen atoms in total. The summed E-state index contributed by atoms with van der Waals surface area (Å²) in [7, 11) is 0. The lowest BCUT2D eigenvalue weighted by atomic mass is 10.0. The van der Waals surface area contributed by atoms with E-state index in [0.717, 1.165) is 38.5 Å². The number of allylic oxidation sites excluding steroid dienone is 8. The minimum Gasteiger partial charge on any atom is -0.466 e. The number of rotatable bonds is 42. The fraction of sp³-hybridized carbons (Fsp3) is 0.816. The SMILES string of the molecule is CCCCC/C=C\C/C=C\C/C=C\C/C=C\CCCC(=O)OCCCCCCCCCCCCCCCCCCCCCCCCCCCCC. The Morgan fingerprint density at radius 2 is 0.608 bits per heavy atom. The number of ether oxygens (including phenoxy) is 1. The number of unbranched alkanes of at least 4 members (excludes halogenated alkanes) is 30. The van der Waals surface area contributed by atoms with Gasteiger partial charge >= 0.3 is 5.97 Å². The number of carbonyl (C=O) groups is 1. The second-order valence-corrected chi connectivity index (χ2v) is 15.4. The van der Waals surface area contributed by atoms with Crippen LogP contribution in [0.5, 0.6) is 0 Å². The molecule has 51 heavy (non-hydrogen) atoms. The van der Waals surface area contributed by atoms with Crippen molar-refractivity contribution in [3.05, 3.63) is 48.6 Å². The lowest BCUT2D eigenvalue weighted by Gasteiger charge is -2.05. The smallest absolute Gasteiger partial charge is 0.305 e. The van der Waals surface area contributed by atoms with E-state index in [4.69, 9.17) is 4.74 Å². The number of hydrogen-bond donors (Lipinski definition) is 0. The van der Waals surface area contributed by atoms with Gasteiger partial charge < -0.3 is 4.74 Å². The van der Waals surface area contributed by atoms with Crippen molar-refractivity contribution in [2.45, 2.75) is 251 Å². The van der Waals surface area contributed by atoms with Crippen LogP contribution in [-0.2, 0) is 9.53 Å². The molecule has 0 aromatic carbocycles. The predicted molar refractivity (Wildman–Crippen MR) is 230 cm³/mol. The minimum absolute atomic E-state index is 0.0271. The lowest BCUT2D eigenvalue weighted by molar-refractivity contribution is -0.143. The van der Waals surface area contributed by atoms with Crippen LogP contribution >= 0.6 is 0 Å². The highest BCUT2D eigenvalue weighted by Gasteiger charge is 2.02. The summed E-state index contributed by atoms with van der Waals surface area (Å²) in [5.41, 5.74) is 0. The Balaban J connectivity index is 3.25. The van der Waals surface area contributed by atoms with E-state index in [1.165, 1.54) is 193 Å². The van der Waals surface area contributed by atoms with Crippen LogP contribution in [-0.4, -0.2) is 12.6 Å². The number of carbonyl (C=O) groups excluding carboxylic acids is 1. The van der Waals surface area contributed by atoms with Gasteiger partial charge in [0.25, 0.3) is 0 Å². The monoisotopic (exact) mass is 711 g/mol. The number of esters is 1. The standard InChI is InChI=1S/C49H90O2/c1-3-5-7-9-11-13-15-17-19-21-22-23-24-25-26-27-28-29-30-32-34-36-38-40-42-44-46-48-51-49(50)47-45-43-41-39-37-35-33-31-20-18-16-14-12-10-8-6-4-2/h12,14,18,20,33,35,39,41H,3-11,13,15-17,19,21-32,34,36-38,40,42-48H2,1-2H3/b14-12-,20-18-,35-33-,41-39-. The second-order valence-electron chi connectivity index (χ2n) is 15.4. The molecule has 0 aliphatic rings. The zero-order valence-electron chi connectivity index (χ0n) is 34.8. The van der Waals surface area contributed by atoms with E-state index in [2.05, 4.69) is 62.5 Å². The maximum Gasteiger partial charge on any atom is 0.305 e. The average molecular weight is 711 g/mol. The van der Waals surface area contributed by atoms with Crippen LogP contribution in [0.15, 0.2) is 48.6 Å². The van der Waals surface area contributed by atoms with Gasteiger partial charge in [-0.1, -0.05) is 242 Å². The van der Waals surface area contributed by atoms with Crippen molar-refractivity contribution >= 4 is 5.97 Å². The third-order valence-corrected chi connectivity index (χ3v) is 10.2. The Kier molecular flexibility index (Phi) is 45.0. The Labute approximate surface area is 321 Å². The van der Waals surface area contributed by atoms with Gasteiger partial charge in [0.1, 0.15) is 0 Å². The second kappa shape index (κ2) is 46.5. The molecule has 0 amide bonds. The first kappa shape index (κ1) is 49.4. The van der Waals surface area contributed by atoms with Crippen LogP contribution in [0.3, 0.4) is 0 Å². The minimum atomic E-state index is -0.0271. The van der Waals surface area contributed by atoms with E-state index in [1.54, 1.807) is 0 Å². The Bertz CT molecular complexity index is 775. The van der Waals surface area contributed by atoms with E-state index in [9.17, 15) is 4.79 Å². The van der Waals surface area contributed by atoms with Crippen LogP contribution in [0.25, 0.3) is 0 Å². The summed E-state index contributed by atoms with van der Waals surface area (Å²) >= 11 is 0. The summed E-state index contributed by atoms with van der Waals surface area (Å²) in [6.45, 7) is 5.15. The van der Waals surface area contributed by atoms with Gasteiger partial charge in [0.15, 0.2) is 0 Å². The predicted octanol–water partition coefficient (Wildman–Crippen LogP) is 17.2. The molecular formula is C49H90O2. The van der Waals surface area contributed by atoms with Crippen LogP contribution in [0.4, 0.5) is 0 Å². The van der Waals surface area contributed by atoms with Gasteiger partial charge in [0.05, 0.1) is 6.61 Å². The maximum atomic E-state index is 12.0. The molecule has 0 bridgehead atoms. The molecule has 0 aliphatic heterocycles. The van der Waals surface area contributed by atoms with Crippen LogP contribution in [0.2, 0.25) is 0 Å². The van der Waals surface area contributed by atoms with E-state index >= 15 is 0 Å². The van der Waals surface area contributed by atoms with Gasteiger partial charge in [-0.25, -0.2) is 0 Å². The first-order valence-corrected chi connectivity index (χ1v) is 23.1. The molecule has 0 N–H and O–H groups in total. The molecule has 0 fully saturated rings. The van der Waals surface area contributed by atoms with Gasteiger partial charge in [-0.2, -0.15) is 0 Å². The summed E-state index contributed by atoms with van der Waals surface area (Å²) in [5.74, 6) is -0.0271. The average Bonchev–Trinajstić information content (AvgIpc) is 3.14. The van der Waals surface area contributed by atoms with Crippen molar-refractivity contribution < 1.29 is 9.53 Å². The molecule has 0 aromatic rings. The summed E-state index contributed by atoms with van der Waals surface area (Å²) in [5, 5.41) is 0. The molecule has 0 aromatic heterocycles. The van der Waals surface area contributed by atoms with Crippen LogP contribution in [0.1, 0.15) is 251 Å². The highest BCUT2D eigenvalue weighted by atomic mass is 16.5. The molecule has 0 heterocycles. The summed E-state index contributed by atoms with van der Waals surface area (Å²) < 4.78 is 5.44. The quantitative estimate of drug-likeness (QED) is 0.0358. The number of hydrogen-bond acceptors (Lipinski definition) is 2. The maximum absolute atomic E-state index is 12.0. The van der Waals surface area contributed by atoms with Crippen molar-refractivity contribution in [1.29, 1.82) is 0 Å². The van der Waals surface area contributed by atoms with E-state index < -0.39 is 0 Å². The Morgan fingerprint density at radius 3 is 0.961 bits per heavy atom. The fourth-order valence-corrected chi connectivity index (χ4v) is 6.78. The Hall–Kier alpha value is -1.57. The lowest BCUT2D eigenvalue weighted by Crippen LogP contribution is -2.05. The van der Waals surface area contributed by atoms with Gasteiger partial charge in [-0.3, -0.25) is 4.79 Å². The van der Waals surface area contributed by atoms with Crippen LogP contribution in [0, 0.1) is 0 Å². The van der Waals surface area contributed by atoms with E-state index in [0.29, 0.717) is 13.0 Å². The van der Waals surface area contributed by atoms with Crippen LogP contribution < -0.4 is 0 Å². The molecule has 0 aliphatic carbocycles. The normalized spacial score (nSPS) is 12.1. The summed E-state index contributed by atoms with van der Waals surface area (Å²) in [4.78, 5) is 12.0. The van der Waals surface area contributed by atoms with Crippen molar-refractivity contribution in [3.8, 4) is 0 Å². The van der Waals surface area contributed by atoms with Crippen molar-refractivity contribution in [2.75, 3.05) is 6.61 Å². The molecule has 0 rings (SSSR count). The van der Waals surface area contributed by atoms with Gasteiger partial charge in [-0.05, 0) is 51.4 Å². The molecule has 0 unspecified atom stereocenters. The molecule has 0 saturated heterocycles. The molecule has 298 valence electrons. The zero-order valence-corrected chi connectivity index (χ0v) is 34.8. The molecule has 0 radical (unpaired) electrons. The van der Waals surface area contributed by atoms with E-state index in [-0.39, 0.29) is 5.97 Å². The van der Waals surface area contributed by atoms with Crippen molar-refractivity contribution in [3.63, 3.8) is 0 Å².